The van der Waals surface area contributed by atoms with Crippen LogP contribution < -0.4 is 25.8 Å². The Kier molecular flexibility index (Phi) is 5.16. The number of benzene rings is 2. The molecule has 174 valence electrons. The molecule has 1 aromatic heterocycles. The number of hydrogen-bond acceptors (Lipinski definition) is 9. The van der Waals surface area contributed by atoms with E-state index < -0.39 is 17.5 Å². The Morgan fingerprint density at radius 2 is 1.79 bits per heavy atom. The van der Waals surface area contributed by atoms with E-state index in [0.717, 1.165) is 16.2 Å². The topological polar surface area (TPSA) is 145 Å². The van der Waals surface area contributed by atoms with Crippen molar-refractivity contribution in [2.45, 2.75) is 25.9 Å². The number of imide groups is 1. The van der Waals surface area contributed by atoms with E-state index in [1.165, 1.54) is 0 Å². The molecule has 1 fully saturated rings. The number of rotatable bonds is 5. The molecule has 4 N–H and O–H groups in total. The number of ether oxygens (including phenoxy) is 2. The first kappa shape index (κ1) is 21.4. The number of urea groups is 1. The lowest BCUT2D eigenvalue weighted by atomic mass is 9.91. The Bertz CT molecular complexity index is 1280. The molecule has 3 heterocycles. The van der Waals surface area contributed by atoms with Crippen LogP contribution in [-0.2, 0) is 16.9 Å². The van der Waals surface area contributed by atoms with E-state index in [2.05, 4.69) is 25.6 Å². The normalized spacial score (nSPS) is 19.2. The van der Waals surface area contributed by atoms with Crippen LogP contribution in [-0.4, -0.2) is 45.0 Å². The van der Waals surface area contributed by atoms with Gasteiger partial charge in [-0.1, -0.05) is 23.8 Å². The van der Waals surface area contributed by atoms with Crippen molar-refractivity contribution < 1.29 is 19.1 Å². The highest BCUT2D eigenvalue weighted by Crippen LogP contribution is 2.37. The second-order valence-corrected chi connectivity index (χ2v) is 8.23. The number of nitrogens with two attached hydrogens (primary N) is 1. The van der Waals surface area contributed by atoms with Crippen LogP contribution in [0.1, 0.15) is 23.9 Å². The van der Waals surface area contributed by atoms with Crippen molar-refractivity contribution in [3.63, 3.8) is 0 Å². The molecule has 3 aromatic rings. The first-order chi connectivity index (χ1) is 16.3. The smallest absolute Gasteiger partial charge is 0.325 e. The van der Waals surface area contributed by atoms with Crippen LogP contribution in [0.15, 0.2) is 42.5 Å². The number of hydrogen-bond donors (Lipinski definition) is 3. The molecule has 2 aromatic carbocycles. The molecule has 11 heteroatoms. The quantitative estimate of drug-likeness (QED) is 0.487. The molecule has 1 atom stereocenters. The van der Waals surface area contributed by atoms with Crippen LogP contribution in [0.4, 0.5) is 22.4 Å². The summed E-state index contributed by atoms with van der Waals surface area (Å²) in [5.41, 5.74) is 7.03. The minimum absolute atomic E-state index is 0.0266. The number of anilines is 3. The minimum atomic E-state index is -1.28. The summed E-state index contributed by atoms with van der Waals surface area (Å²) in [5.74, 6) is 1.05. The number of nitrogens with one attached hydrogen (secondary N) is 2. The third-order valence-corrected chi connectivity index (χ3v) is 5.70. The predicted octanol–water partition coefficient (Wildman–Crippen LogP) is 2.24. The van der Waals surface area contributed by atoms with E-state index >= 15 is 0 Å². The van der Waals surface area contributed by atoms with Crippen molar-refractivity contribution in [2.24, 2.45) is 0 Å². The Hall–Kier alpha value is -4.41. The van der Waals surface area contributed by atoms with Gasteiger partial charge in [0, 0.05) is 5.69 Å². The van der Waals surface area contributed by atoms with Crippen LogP contribution >= 0.6 is 0 Å². The number of carbonyl (C=O) groups is 2. The zero-order chi connectivity index (χ0) is 23.9. The van der Waals surface area contributed by atoms with Gasteiger partial charge in [-0.25, -0.2) is 4.79 Å². The molecule has 0 radical (unpaired) electrons. The summed E-state index contributed by atoms with van der Waals surface area (Å²) >= 11 is 0. The van der Waals surface area contributed by atoms with Crippen molar-refractivity contribution in [3.8, 4) is 11.5 Å². The van der Waals surface area contributed by atoms with E-state index in [-0.39, 0.29) is 24.3 Å². The van der Waals surface area contributed by atoms with E-state index in [1.807, 2.05) is 31.2 Å². The first-order valence-electron chi connectivity index (χ1n) is 10.7. The zero-order valence-corrected chi connectivity index (χ0v) is 18.7. The first-order valence-corrected chi connectivity index (χ1v) is 10.7. The van der Waals surface area contributed by atoms with Gasteiger partial charge in [0.2, 0.25) is 11.9 Å². The highest BCUT2D eigenvalue weighted by Gasteiger charge is 2.49. The summed E-state index contributed by atoms with van der Waals surface area (Å²) in [4.78, 5) is 39.7. The van der Waals surface area contributed by atoms with E-state index in [9.17, 15) is 9.59 Å². The summed E-state index contributed by atoms with van der Waals surface area (Å²) in [6, 6.07) is 12.3. The molecule has 0 spiro atoms. The van der Waals surface area contributed by atoms with Crippen molar-refractivity contribution in [1.29, 1.82) is 0 Å². The monoisotopic (exact) mass is 461 g/mol. The molecule has 34 heavy (non-hydrogen) atoms. The number of aromatic nitrogens is 3. The van der Waals surface area contributed by atoms with Gasteiger partial charge in [0.05, 0.1) is 6.54 Å². The van der Waals surface area contributed by atoms with Gasteiger partial charge in [-0.15, -0.1) is 0 Å². The van der Waals surface area contributed by atoms with Gasteiger partial charge in [-0.2, -0.15) is 15.0 Å². The van der Waals surface area contributed by atoms with Gasteiger partial charge in [0.1, 0.15) is 18.8 Å². The average Bonchev–Trinajstić information content (AvgIpc) is 3.04. The largest absolute Gasteiger partial charge is 0.486 e. The lowest BCUT2D eigenvalue weighted by molar-refractivity contribution is -0.131. The summed E-state index contributed by atoms with van der Waals surface area (Å²) in [5, 5.41) is 5.83. The van der Waals surface area contributed by atoms with Crippen molar-refractivity contribution in [3.05, 3.63) is 59.4 Å². The fourth-order valence-electron chi connectivity index (χ4n) is 3.86. The molecule has 11 nitrogen and oxygen atoms in total. The Balaban J connectivity index is 1.38. The number of aryl methyl sites for hydroxylation is 1. The van der Waals surface area contributed by atoms with E-state index in [1.54, 1.807) is 25.1 Å². The molecule has 0 bridgehead atoms. The molecular weight excluding hydrogens is 438 g/mol. The van der Waals surface area contributed by atoms with Crippen LogP contribution in [0.25, 0.3) is 0 Å². The van der Waals surface area contributed by atoms with Crippen molar-refractivity contribution in [2.75, 3.05) is 24.3 Å². The Labute approximate surface area is 195 Å². The maximum atomic E-state index is 13.4. The highest BCUT2D eigenvalue weighted by atomic mass is 16.6. The fourth-order valence-corrected chi connectivity index (χ4v) is 3.86. The fraction of sp³-hybridized carbons (Fsp3) is 0.261. The van der Waals surface area contributed by atoms with Crippen LogP contribution in [0.3, 0.4) is 0 Å². The molecule has 1 unspecified atom stereocenters. The second-order valence-electron chi connectivity index (χ2n) is 8.23. The van der Waals surface area contributed by atoms with E-state index in [4.69, 9.17) is 15.2 Å². The number of fused-ring (bicyclic) bond motifs is 1. The standard InChI is InChI=1S/C23H23N7O4/c1-13-3-6-15(7-4-13)25-21-27-18(26-20(24)28-21)12-30-19(31)23(2,29-22(30)32)14-5-8-16-17(11-14)34-10-9-33-16/h3-8,11H,9-10,12H2,1-2H3,(H,29,32)(H3,24,25,26,27,28). The number of nitrogens with zero attached hydrogens (tertiary/aromatic N) is 4. The van der Waals surface area contributed by atoms with Gasteiger partial charge < -0.3 is 25.8 Å². The predicted molar refractivity (Wildman–Crippen MR) is 123 cm³/mol. The summed E-state index contributed by atoms with van der Waals surface area (Å²) in [7, 11) is 0. The Morgan fingerprint density at radius 3 is 2.56 bits per heavy atom. The molecule has 3 amide bonds. The molecular formula is C23H23N7O4. The molecule has 2 aliphatic rings. The molecule has 2 aliphatic heterocycles. The van der Waals surface area contributed by atoms with Gasteiger partial charge in [-0.05, 0) is 43.7 Å². The number of carbonyl (C=O) groups excluding carboxylic acids is 2. The van der Waals surface area contributed by atoms with Crippen molar-refractivity contribution >= 4 is 29.5 Å². The zero-order valence-electron chi connectivity index (χ0n) is 18.7. The number of nitrogen functional groups attached to an aromatic ring is 1. The maximum Gasteiger partial charge on any atom is 0.325 e. The van der Waals surface area contributed by atoms with Gasteiger partial charge in [0.25, 0.3) is 5.91 Å². The molecule has 0 aliphatic carbocycles. The molecule has 1 saturated heterocycles. The van der Waals surface area contributed by atoms with E-state index in [0.29, 0.717) is 30.3 Å². The Morgan fingerprint density at radius 1 is 1.06 bits per heavy atom. The second kappa shape index (κ2) is 8.18. The van der Waals surface area contributed by atoms with Gasteiger partial charge in [-0.3, -0.25) is 9.69 Å². The average molecular weight is 461 g/mol. The number of amides is 3. The summed E-state index contributed by atoms with van der Waals surface area (Å²) in [6.45, 7) is 4.34. The van der Waals surface area contributed by atoms with Gasteiger partial charge >= 0.3 is 6.03 Å². The lowest BCUT2D eigenvalue weighted by Crippen LogP contribution is -2.41. The third kappa shape index (κ3) is 3.91. The minimum Gasteiger partial charge on any atom is -0.486 e. The van der Waals surface area contributed by atoms with Crippen LogP contribution in [0.2, 0.25) is 0 Å². The maximum absolute atomic E-state index is 13.4. The molecule has 5 rings (SSSR count). The highest BCUT2D eigenvalue weighted by molar-refractivity contribution is 6.07. The van der Waals surface area contributed by atoms with Crippen LogP contribution in [0, 0.1) is 6.92 Å². The SMILES string of the molecule is Cc1ccc(Nc2nc(N)nc(CN3C(=O)NC(C)(c4ccc5c(c4)OCCO5)C3=O)n2)cc1. The molecule has 0 saturated carbocycles. The van der Waals surface area contributed by atoms with Gasteiger partial charge in [0.15, 0.2) is 17.3 Å². The summed E-state index contributed by atoms with van der Waals surface area (Å²) in [6.07, 6.45) is 0. The third-order valence-electron chi connectivity index (χ3n) is 5.70. The van der Waals surface area contributed by atoms with Crippen LogP contribution in [0.5, 0.6) is 11.5 Å². The van der Waals surface area contributed by atoms with Crippen molar-refractivity contribution in [1.82, 2.24) is 25.2 Å². The lowest BCUT2D eigenvalue weighted by Gasteiger charge is -2.25. The summed E-state index contributed by atoms with van der Waals surface area (Å²) < 4.78 is 11.2.